The van der Waals surface area contributed by atoms with Crippen molar-refractivity contribution in [2.75, 3.05) is 33.9 Å². The molecule has 0 bridgehead atoms. The summed E-state index contributed by atoms with van der Waals surface area (Å²) in [5, 5.41) is 4.76. The summed E-state index contributed by atoms with van der Waals surface area (Å²) in [6.45, 7) is 4.49. The van der Waals surface area contributed by atoms with E-state index in [0.29, 0.717) is 42.6 Å². The van der Waals surface area contributed by atoms with E-state index in [0.717, 1.165) is 41.2 Å². The van der Waals surface area contributed by atoms with Gasteiger partial charge in [-0.1, -0.05) is 0 Å². The molecular formula is C20H25F3N4O2S. The number of ether oxygens (including phenoxy) is 2. The summed E-state index contributed by atoms with van der Waals surface area (Å²) in [5.41, 5.74) is 1.51. The molecule has 0 unspecified atom stereocenters. The Bertz CT molecular complexity index is 899. The SMILES string of the molecule is CCNC(=NCCc1nc(C(F)(F)F)cs1)N1CCc2cc(OC)c(OC)cc2C1. The number of nitrogens with zero attached hydrogens (tertiary/aromatic N) is 3. The van der Waals surface area contributed by atoms with Crippen LogP contribution in [0.3, 0.4) is 0 Å². The predicted octanol–water partition coefficient (Wildman–Crippen LogP) is 3.75. The van der Waals surface area contributed by atoms with Gasteiger partial charge in [0.25, 0.3) is 0 Å². The third-order valence-electron chi connectivity index (χ3n) is 4.78. The second-order valence-corrected chi connectivity index (χ2v) is 7.70. The first-order valence-electron chi connectivity index (χ1n) is 9.64. The lowest BCUT2D eigenvalue weighted by Crippen LogP contribution is -2.44. The number of guanidine groups is 1. The van der Waals surface area contributed by atoms with Crippen molar-refractivity contribution < 1.29 is 22.6 Å². The number of benzene rings is 1. The van der Waals surface area contributed by atoms with Crippen molar-refractivity contribution in [3.8, 4) is 11.5 Å². The number of hydrogen-bond acceptors (Lipinski definition) is 5. The fraction of sp³-hybridized carbons (Fsp3) is 0.500. The van der Waals surface area contributed by atoms with Gasteiger partial charge >= 0.3 is 6.18 Å². The third kappa shape index (κ3) is 5.16. The lowest BCUT2D eigenvalue weighted by molar-refractivity contribution is -0.140. The van der Waals surface area contributed by atoms with Crippen LogP contribution in [-0.4, -0.2) is 49.7 Å². The van der Waals surface area contributed by atoms with Crippen LogP contribution in [0, 0.1) is 0 Å². The Morgan fingerprint density at radius 3 is 2.53 bits per heavy atom. The number of hydrogen-bond donors (Lipinski definition) is 1. The van der Waals surface area contributed by atoms with Gasteiger partial charge in [0.05, 0.1) is 19.2 Å². The normalized spacial score (nSPS) is 14.5. The molecule has 1 N–H and O–H groups in total. The van der Waals surface area contributed by atoms with Crippen molar-refractivity contribution in [1.82, 2.24) is 15.2 Å². The largest absolute Gasteiger partial charge is 0.493 e. The highest BCUT2D eigenvalue weighted by Gasteiger charge is 2.33. The van der Waals surface area contributed by atoms with Crippen molar-refractivity contribution in [2.24, 2.45) is 4.99 Å². The number of thiazole rings is 1. The Labute approximate surface area is 177 Å². The number of nitrogens with one attached hydrogen (secondary N) is 1. The van der Waals surface area contributed by atoms with Gasteiger partial charge in [0.15, 0.2) is 23.2 Å². The standard InChI is InChI=1S/C20H25F3N4O2S/c1-4-24-19(25-7-5-18-26-17(12-30-18)20(21,22)23)27-8-6-13-9-15(28-2)16(29-3)10-14(13)11-27/h9-10,12H,4-8,11H2,1-3H3,(H,24,25). The van der Waals surface area contributed by atoms with Crippen LogP contribution >= 0.6 is 11.3 Å². The first-order valence-corrected chi connectivity index (χ1v) is 10.5. The summed E-state index contributed by atoms with van der Waals surface area (Å²) >= 11 is 1.02. The van der Waals surface area contributed by atoms with Gasteiger partial charge in [-0.3, -0.25) is 4.99 Å². The first-order chi connectivity index (χ1) is 14.4. The van der Waals surface area contributed by atoms with Gasteiger partial charge in [-0.15, -0.1) is 11.3 Å². The highest BCUT2D eigenvalue weighted by Crippen LogP contribution is 2.33. The molecule has 6 nitrogen and oxygen atoms in total. The van der Waals surface area contributed by atoms with E-state index in [1.165, 1.54) is 5.56 Å². The van der Waals surface area contributed by atoms with Crippen LogP contribution in [0.25, 0.3) is 0 Å². The second-order valence-electron chi connectivity index (χ2n) is 6.76. The minimum atomic E-state index is -4.40. The maximum absolute atomic E-state index is 12.7. The van der Waals surface area contributed by atoms with E-state index in [-0.39, 0.29) is 0 Å². The van der Waals surface area contributed by atoms with Crippen LogP contribution in [0.4, 0.5) is 13.2 Å². The van der Waals surface area contributed by atoms with Crippen LogP contribution in [0.5, 0.6) is 11.5 Å². The molecule has 2 aromatic rings. The summed E-state index contributed by atoms with van der Waals surface area (Å²) in [5.74, 6) is 2.14. The lowest BCUT2D eigenvalue weighted by Gasteiger charge is -2.32. The smallest absolute Gasteiger partial charge is 0.434 e. The summed E-state index contributed by atoms with van der Waals surface area (Å²) in [6, 6.07) is 3.99. The highest BCUT2D eigenvalue weighted by molar-refractivity contribution is 7.09. The van der Waals surface area contributed by atoms with E-state index in [1.807, 2.05) is 19.1 Å². The third-order valence-corrected chi connectivity index (χ3v) is 5.69. The minimum Gasteiger partial charge on any atom is -0.493 e. The number of alkyl halides is 3. The molecule has 2 heterocycles. The molecule has 10 heteroatoms. The van der Waals surface area contributed by atoms with E-state index >= 15 is 0 Å². The number of methoxy groups -OCH3 is 2. The minimum absolute atomic E-state index is 0.364. The molecule has 164 valence electrons. The van der Waals surface area contributed by atoms with Crippen LogP contribution in [0.1, 0.15) is 28.8 Å². The highest BCUT2D eigenvalue weighted by atomic mass is 32.1. The van der Waals surface area contributed by atoms with Gasteiger partial charge < -0.3 is 19.7 Å². The summed E-state index contributed by atoms with van der Waals surface area (Å²) < 4.78 is 48.9. The Morgan fingerprint density at radius 1 is 1.23 bits per heavy atom. The van der Waals surface area contributed by atoms with Crippen molar-refractivity contribution in [3.05, 3.63) is 39.3 Å². The van der Waals surface area contributed by atoms with E-state index < -0.39 is 11.9 Å². The van der Waals surface area contributed by atoms with Gasteiger partial charge in [0, 0.05) is 38.0 Å². The van der Waals surface area contributed by atoms with Crippen LogP contribution < -0.4 is 14.8 Å². The molecule has 0 atom stereocenters. The van der Waals surface area contributed by atoms with Gasteiger partial charge in [0.1, 0.15) is 0 Å². The molecule has 1 aliphatic heterocycles. The first kappa shape index (κ1) is 22.2. The van der Waals surface area contributed by atoms with Crippen LogP contribution in [0.15, 0.2) is 22.5 Å². The number of halogens is 3. The molecule has 0 saturated carbocycles. The molecule has 1 aromatic carbocycles. The van der Waals surface area contributed by atoms with Crippen molar-refractivity contribution >= 4 is 17.3 Å². The van der Waals surface area contributed by atoms with Crippen LogP contribution in [-0.2, 0) is 25.6 Å². The fourth-order valence-electron chi connectivity index (χ4n) is 3.30. The van der Waals surface area contributed by atoms with Crippen molar-refractivity contribution in [1.29, 1.82) is 0 Å². The quantitative estimate of drug-likeness (QED) is 0.546. The molecular weight excluding hydrogens is 417 g/mol. The molecule has 30 heavy (non-hydrogen) atoms. The van der Waals surface area contributed by atoms with Gasteiger partial charge in [-0.2, -0.15) is 13.2 Å². The maximum Gasteiger partial charge on any atom is 0.434 e. The molecule has 0 saturated heterocycles. The zero-order valence-corrected chi connectivity index (χ0v) is 18.0. The number of rotatable bonds is 6. The van der Waals surface area contributed by atoms with E-state index in [2.05, 4.69) is 20.2 Å². The predicted molar refractivity (Wildman–Crippen MR) is 110 cm³/mol. The molecule has 0 spiro atoms. The zero-order valence-electron chi connectivity index (χ0n) is 17.2. The van der Waals surface area contributed by atoms with Crippen LogP contribution in [0.2, 0.25) is 0 Å². The summed E-state index contributed by atoms with van der Waals surface area (Å²) in [7, 11) is 3.23. The number of fused-ring (bicyclic) bond motifs is 1. The number of aromatic nitrogens is 1. The molecule has 0 fully saturated rings. The maximum atomic E-state index is 12.7. The monoisotopic (exact) mass is 442 g/mol. The summed E-state index contributed by atoms with van der Waals surface area (Å²) in [6.07, 6.45) is -3.20. The Kier molecular flexibility index (Phi) is 7.06. The molecule has 0 radical (unpaired) electrons. The van der Waals surface area contributed by atoms with E-state index in [9.17, 15) is 13.2 Å². The number of aliphatic imine (C=N–C) groups is 1. The fourth-order valence-corrected chi connectivity index (χ4v) is 4.10. The van der Waals surface area contributed by atoms with Gasteiger partial charge in [-0.05, 0) is 36.6 Å². The Hall–Kier alpha value is -2.49. The Balaban J connectivity index is 1.70. The average Bonchev–Trinajstić information content (AvgIpc) is 3.21. The zero-order chi connectivity index (χ0) is 21.7. The lowest BCUT2D eigenvalue weighted by atomic mass is 9.99. The molecule has 0 aliphatic carbocycles. The topological polar surface area (TPSA) is 59.0 Å². The van der Waals surface area contributed by atoms with Crippen molar-refractivity contribution in [2.45, 2.75) is 32.5 Å². The van der Waals surface area contributed by atoms with E-state index in [4.69, 9.17) is 9.47 Å². The van der Waals surface area contributed by atoms with Crippen molar-refractivity contribution in [3.63, 3.8) is 0 Å². The molecule has 1 aromatic heterocycles. The Morgan fingerprint density at radius 2 is 1.93 bits per heavy atom. The second kappa shape index (κ2) is 9.55. The van der Waals surface area contributed by atoms with Gasteiger partial charge in [0.2, 0.25) is 0 Å². The van der Waals surface area contributed by atoms with E-state index in [1.54, 1.807) is 14.2 Å². The molecule has 0 amide bonds. The average molecular weight is 443 g/mol. The summed E-state index contributed by atoms with van der Waals surface area (Å²) in [4.78, 5) is 10.4. The molecule has 1 aliphatic rings. The van der Waals surface area contributed by atoms with Gasteiger partial charge in [-0.25, -0.2) is 4.98 Å². The molecule has 3 rings (SSSR count).